The summed E-state index contributed by atoms with van der Waals surface area (Å²) in [6, 6.07) is 13.1. The molecule has 0 aliphatic carbocycles. The molecule has 31 heavy (non-hydrogen) atoms. The van der Waals surface area contributed by atoms with Crippen LogP contribution in [0.5, 0.6) is 17.2 Å². The highest BCUT2D eigenvalue weighted by Gasteiger charge is 2.34. The molecule has 164 valence electrons. The number of hydrazone groups is 1. The summed E-state index contributed by atoms with van der Waals surface area (Å²) in [6.07, 6.45) is 0. The Hall–Kier alpha value is -3.20. The first kappa shape index (κ1) is 22.5. The van der Waals surface area contributed by atoms with Crippen LogP contribution in [0.2, 0.25) is 0 Å². The summed E-state index contributed by atoms with van der Waals surface area (Å²) in [5.41, 5.74) is 1.82. The first-order chi connectivity index (χ1) is 14.9. The maximum absolute atomic E-state index is 12.1. The molecule has 1 aliphatic heterocycles. The average molecular weight is 444 g/mol. The molecule has 9 heteroatoms. The highest BCUT2D eigenvalue weighted by atomic mass is 32.2. The van der Waals surface area contributed by atoms with Crippen LogP contribution in [0.1, 0.15) is 30.3 Å². The third-order valence-corrected chi connectivity index (χ3v) is 5.42. The highest BCUT2D eigenvalue weighted by molar-refractivity contribution is 8.14. The van der Waals surface area contributed by atoms with Crippen molar-refractivity contribution in [2.45, 2.75) is 26.1 Å². The Morgan fingerprint density at radius 3 is 2.55 bits per heavy atom. The smallest absolute Gasteiger partial charge is 0.241 e. The Morgan fingerprint density at radius 1 is 1.10 bits per heavy atom. The first-order valence-corrected chi connectivity index (χ1v) is 10.6. The summed E-state index contributed by atoms with van der Waals surface area (Å²) in [6.45, 7) is 5.45. The molecule has 2 amide bonds. The maximum Gasteiger partial charge on any atom is 0.241 e. The molecule has 0 fully saturated rings. The molecule has 3 rings (SSSR count). The second-order valence-corrected chi connectivity index (χ2v) is 7.91. The number of hydrogen-bond donors (Lipinski definition) is 1. The van der Waals surface area contributed by atoms with Crippen LogP contribution < -0.4 is 19.5 Å². The molecule has 0 saturated carbocycles. The summed E-state index contributed by atoms with van der Waals surface area (Å²) in [5, 5.41) is 8.19. The van der Waals surface area contributed by atoms with Crippen molar-refractivity contribution in [3.63, 3.8) is 0 Å². The molecule has 1 aliphatic rings. The van der Waals surface area contributed by atoms with Crippen LogP contribution in [0.4, 0.5) is 0 Å². The van der Waals surface area contributed by atoms with E-state index < -0.39 is 5.37 Å². The number of carbonyl (C=O) groups is 2. The van der Waals surface area contributed by atoms with Crippen LogP contribution in [0.25, 0.3) is 0 Å². The van der Waals surface area contributed by atoms with E-state index in [0.29, 0.717) is 29.9 Å². The fourth-order valence-electron chi connectivity index (χ4n) is 2.96. The lowest BCUT2D eigenvalue weighted by Gasteiger charge is -2.22. The van der Waals surface area contributed by atoms with Crippen LogP contribution >= 0.6 is 11.8 Å². The number of rotatable bonds is 7. The minimum absolute atomic E-state index is 0.230. The van der Waals surface area contributed by atoms with Gasteiger partial charge in [-0.1, -0.05) is 29.5 Å². The first-order valence-electron chi connectivity index (χ1n) is 9.70. The minimum atomic E-state index is -0.437. The van der Waals surface area contributed by atoms with Gasteiger partial charge in [0, 0.05) is 25.5 Å². The van der Waals surface area contributed by atoms with E-state index in [0.717, 1.165) is 16.9 Å². The SMILES string of the molecule is COc1cccc(OCCOc2ccc(C)cc2C2SC(NC(C)=O)=NN2C(C)=O)c1. The minimum Gasteiger partial charge on any atom is -0.497 e. The molecule has 0 radical (unpaired) electrons. The molecule has 1 unspecified atom stereocenters. The molecule has 1 heterocycles. The Morgan fingerprint density at radius 2 is 1.84 bits per heavy atom. The number of amidine groups is 1. The van der Waals surface area contributed by atoms with Crippen molar-refractivity contribution < 1.29 is 23.8 Å². The lowest BCUT2D eigenvalue weighted by atomic mass is 10.1. The lowest BCUT2D eigenvalue weighted by Crippen LogP contribution is -2.25. The van der Waals surface area contributed by atoms with Crippen molar-refractivity contribution in [2.24, 2.45) is 5.10 Å². The van der Waals surface area contributed by atoms with Gasteiger partial charge < -0.3 is 19.5 Å². The number of benzene rings is 2. The van der Waals surface area contributed by atoms with Crippen molar-refractivity contribution in [1.29, 1.82) is 0 Å². The van der Waals surface area contributed by atoms with E-state index in [9.17, 15) is 9.59 Å². The van der Waals surface area contributed by atoms with Gasteiger partial charge in [-0.15, -0.1) is 5.10 Å². The van der Waals surface area contributed by atoms with E-state index in [1.165, 1.54) is 30.6 Å². The van der Waals surface area contributed by atoms with Crippen LogP contribution in [0, 0.1) is 6.92 Å². The number of nitrogens with one attached hydrogen (secondary N) is 1. The molecular weight excluding hydrogens is 418 g/mol. The molecule has 0 spiro atoms. The highest BCUT2D eigenvalue weighted by Crippen LogP contribution is 2.42. The van der Waals surface area contributed by atoms with Gasteiger partial charge in [0.1, 0.15) is 35.8 Å². The van der Waals surface area contributed by atoms with Gasteiger partial charge in [-0.2, -0.15) is 0 Å². The van der Waals surface area contributed by atoms with E-state index in [1.54, 1.807) is 13.2 Å². The van der Waals surface area contributed by atoms with Gasteiger partial charge in [0.05, 0.1) is 7.11 Å². The number of hydrogen-bond acceptors (Lipinski definition) is 7. The summed E-state index contributed by atoms with van der Waals surface area (Å²) in [7, 11) is 1.60. The second kappa shape index (κ2) is 10.2. The molecule has 2 aromatic rings. The van der Waals surface area contributed by atoms with Gasteiger partial charge in [0.2, 0.25) is 11.8 Å². The zero-order valence-corrected chi connectivity index (χ0v) is 18.7. The molecule has 0 saturated heterocycles. The van der Waals surface area contributed by atoms with E-state index in [2.05, 4.69) is 10.4 Å². The van der Waals surface area contributed by atoms with Crippen LogP contribution in [-0.4, -0.2) is 42.3 Å². The predicted octanol–water partition coefficient (Wildman–Crippen LogP) is 3.46. The number of ether oxygens (including phenoxy) is 3. The number of aryl methyl sites for hydroxylation is 1. The van der Waals surface area contributed by atoms with Crippen molar-refractivity contribution >= 4 is 28.7 Å². The maximum atomic E-state index is 12.1. The summed E-state index contributed by atoms with van der Waals surface area (Å²) < 4.78 is 16.9. The van der Waals surface area contributed by atoms with Gasteiger partial charge >= 0.3 is 0 Å². The molecular formula is C22H25N3O5S. The quantitative estimate of drug-likeness (QED) is 0.659. The number of methoxy groups -OCH3 is 1. The fourth-order valence-corrected chi connectivity index (χ4v) is 4.12. The second-order valence-electron chi connectivity index (χ2n) is 6.84. The van der Waals surface area contributed by atoms with Crippen molar-refractivity contribution in [3.05, 3.63) is 53.6 Å². The van der Waals surface area contributed by atoms with E-state index in [1.807, 2.05) is 43.3 Å². The Balaban J connectivity index is 1.70. The lowest BCUT2D eigenvalue weighted by molar-refractivity contribution is -0.129. The largest absolute Gasteiger partial charge is 0.497 e. The van der Waals surface area contributed by atoms with Gasteiger partial charge in [-0.25, -0.2) is 5.01 Å². The molecule has 1 N–H and O–H groups in total. The van der Waals surface area contributed by atoms with Crippen LogP contribution in [0.3, 0.4) is 0 Å². The number of amides is 2. The molecule has 0 bridgehead atoms. The average Bonchev–Trinajstić information content (AvgIpc) is 3.15. The number of thioether (sulfide) groups is 1. The summed E-state index contributed by atoms with van der Waals surface area (Å²) in [5.74, 6) is 1.56. The topological polar surface area (TPSA) is 89.5 Å². The van der Waals surface area contributed by atoms with E-state index in [-0.39, 0.29) is 11.8 Å². The van der Waals surface area contributed by atoms with Gasteiger partial charge in [0.15, 0.2) is 5.17 Å². The summed E-state index contributed by atoms with van der Waals surface area (Å²) >= 11 is 1.29. The number of nitrogens with zero attached hydrogens (tertiary/aromatic N) is 2. The predicted molar refractivity (Wildman–Crippen MR) is 119 cm³/mol. The van der Waals surface area contributed by atoms with Gasteiger partial charge in [-0.05, 0) is 31.2 Å². The van der Waals surface area contributed by atoms with Crippen molar-refractivity contribution in [1.82, 2.24) is 10.3 Å². The third kappa shape index (κ3) is 5.91. The molecule has 0 aromatic heterocycles. The molecule has 2 aromatic carbocycles. The summed E-state index contributed by atoms with van der Waals surface area (Å²) in [4.78, 5) is 23.6. The zero-order chi connectivity index (χ0) is 22.4. The standard InChI is InChI=1S/C22H25N3O5S/c1-14-8-9-20(30-11-10-29-18-7-5-6-17(13-18)28-4)19(12-14)21-25(16(3)27)24-22(31-21)23-15(2)26/h5-9,12-13,21H,10-11H2,1-4H3,(H,23,24,26). The Labute approximate surface area is 185 Å². The molecule has 1 atom stereocenters. The van der Waals surface area contributed by atoms with Gasteiger partial charge in [0.25, 0.3) is 0 Å². The Kier molecular flexibility index (Phi) is 7.41. The van der Waals surface area contributed by atoms with Crippen molar-refractivity contribution in [2.75, 3.05) is 20.3 Å². The zero-order valence-electron chi connectivity index (χ0n) is 17.9. The normalized spacial score (nSPS) is 15.3. The van der Waals surface area contributed by atoms with Crippen LogP contribution in [0.15, 0.2) is 47.6 Å². The van der Waals surface area contributed by atoms with E-state index >= 15 is 0 Å². The third-order valence-electron chi connectivity index (χ3n) is 4.33. The fraction of sp³-hybridized carbons (Fsp3) is 0.318. The van der Waals surface area contributed by atoms with Gasteiger partial charge in [-0.3, -0.25) is 9.59 Å². The molecule has 8 nitrogen and oxygen atoms in total. The monoisotopic (exact) mass is 443 g/mol. The van der Waals surface area contributed by atoms with Crippen LogP contribution in [-0.2, 0) is 9.59 Å². The van der Waals surface area contributed by atoms with E-state index in [4.69, 9.17) is 14.2 Å². The van der Waals surface area contributed by atoms with Crippen molar-refractivity contribution in [3.8, 4) is 17.2 Å². The Bertz CT molecular complexity index is 995. The number of carbonyl (C=O) groups excluding carboxylic acids is 2.